The fourth-order valence-corrected chi connectivity index (χ4v) is 10.2. The number of piperazine rings is 2. The number of rotatable bonds is 17. The topological polar surface area (TPSA) is 139 Å². The number of carbonyl (C=O) groups excluding carboxylic acids is 1. The molecule has 16 heteroatoms. The largest absolute Gasteiger partial charge is 0.457 e. The second-order valence-electron chi connectivity index (χ2n) is 21.6. The molecule has 0 radical (unpaired) electrons. The highest BCUT2D eigenvalue weighted by Gasteiger charge is 2.33. The van der Waals surface area contributed by atoms with Crippen LogP contribution in [0.1, 0.15) is 38.2 Å². The average Bonchev–Trinajstić information content (AvgIpc) is 4.07. The van der Waals surface area contributed by atoms with Crippen molar-refractivity contribution < 1.29 is 28.4 Å². The molecule has 4 aromatic heterocycles. The number of hydrogen-bond donors (Lipinski definition) is 2. The third-order valence-electron chi connectivity index (χ3n) is 13.5. The zero-order valence-electron chi connectivity index (χ0n) is 43.6. The van der Waals surface area contributed by atoms with E-state index in [2.05, 4.69) is 116 Å². The molecule has 1 unspecified atom stereocenters. The monoisotopic (exact) mass is 1010 g/mol. The van der Waals surface area contributed by atoms with E-state index in [4.69, 9.17) is 28.9 Å². The molecule has 74 heavy (non-hydrogen) atoms. The fourth-order valence-electron chi connectivity index (χ4n) is 9.43. The van der Waals surface area contributed by atoms with Gasteiger partial charge in [-0.1, -0.05) is 31.8 Å². The van der Waals surface area contributed by atoms with E-state index in [0.717, 1.165) is 124 Å². The zero-order valence-corrected chi connectivity index (χ0v) is 44.6. The predicted octanol–water partition coefficient (Wildman–Crippen LogP) is 10.5. The van der Waals surface area contributed by atoms with Gasteiger partial charge in [0.1, 0.15) is 47.1 Å². The Morgan fingerprint density at radius 1 is 0.716 bits per heavy atom. The minimum absolute atomic E-state index is 0.0918. The highest BCUT2D eigenvalue weighted by molar-refractivity contribution is 6.76. The number of nitrogens with one attached hydrogen (secondary N) is 2. The molecule has 6 heterocycles. The molecule has 1 atom stereocenters. The van der Waals surface area contributed by atoms with E-state index < -0.39 is 13.7 Å². The second kappa shape index (κ2) is 22.3. The van der Waals surface area contributed by atoms with Crippen LogP contribution >= 0.6 is 0 Å². The van der Waals surface area contributed by atoms with Gasteiger partial charge in [-0.15, -0.1) is 4.68 Å². The molecule has 0 spiro atoms. The molecule has 1 amide bonds. The van der Waals surface area contributed by atoms with Crippen molar-refractivity contribution >= 4 is 36.0 Å². The number of pyridine rings is 2. The summed E-state index contributed by atoms with van der Waals surface area (Å²) in [6.45, 7) is 22.0. The molecule has 10 rings (SSSR count). The fraction of sp³-hybridized carbons (Fsp3) is 0.362. The standard InChI is InChI=1S/C58H68N10O5Si/c1-58(2,3)73-57(69)66-33-31-65(32-34-66)56(54-20-12-45-38-50(19-22-52(45)62-54)72-48-16-10-43(11-17-48)55-23-25-60-68(55)41-70-35-36-74(4,5)6)40-67-28-24-53(63-67)42-8-14-47(15-9-42)71-49-18-21-51-44(37-49)7-13-46(61-51)39-64-29-26-59-27-30-64/h7-25,28,37-38,56,59H,26-27,29-36,39-41H2,1-6H3/p+1. The molecular weight excluding hydrogens is 945 g/mol. The maximum atomic E-state index is 13.1. The third kappa shape index (κ3) is 13.0. The molecular formula is C58H69N10O5Si+. The van der Waals surface area contributed by atoms with Gasteiger partial charge in [-0.25, -0.2) is 9.48 Å². The van der Waals surface area contributed by atoms with E-state index in [1.807, 2.05) is 92.3 Å². The van der Waals surface area contributed by atoms with Gasteiger partial charge < -0.3 is 29.2 Å². The van der Waals surface area contributed by atoms with Crippen LogP contribution in [0.15, 0.2) is 134 Å². The Labute approximate surface area is 435 Å². The summed E-state index contributed by atoms with van der Waals surface area (Å²) in [6.07, 6.45) is 3.61. The summed E-state index contributed by atoms with van der Waals surface area (Å²) in [7, 11) is -1.17. The molecule has 15 nitrogen and oxygen atoms in total. The van der Waals surface area contributed by atoms with Gasteiger partial charge in [-0.05, 0) is 130 Å². The second-order valence-corrected chi connectivity index (χ2v) is 27.2. The van der Waals surface area contributed by atoms with E-state index in [1.54, 1.807) is 4.90 Å². The van der Waals surface area contributed by atoms with Crippen molar-refractivity contribution in [2.75, 3.05) is 59.0 Å². The van der Waals surface area contributed by atoms with Crippen molar-refractivity contribution in [3.63, 3.8) is 0 Å². The van der Waals surface area contributed by atoms with E-state index in [1.165, 1.54) is 0 Å². The Morgan fingerprint density at radius 3 is 2.01 bits per heavy atom. The lowest BCUT2D eigenvalue weighted by molar-refractivity contribution is -0.754. The minimum atomic E-state index is -1.17. The molecule has 8 aromatic rings. The number of ether oxygens (including phenoxy) is 4. The maximum absolute atomic E-state index is 13.1. The maximum Gasteiger partial charge on any atom is 0.410 e. The van der Waals surface area contributed by atoms with Gasteiger partial charge in [0.15, 0.2) is 12.7 Å². The van der Waals surface area contributed by atoms with Gasteiger partial charge in [-0.2, -0.15) is 10.2 Å². The Kier molecular flexibility index (Phi) is 15.2. The lowest BCUT2D eigenvalue weighted by Crippen LogP contribution is -2.53. The van der Waals surface area contributed by atoms with Gasteiger partial charge in [0.05, 0.1) is 28.1 Å². The van der Waals surface area contributed by atoms with Crippen LogP contribution in [-0.4, -0.2) is 118 Å². The van der Waals surface area contributed by atoms with Crippen LogP contribution in [0.25, 0.3) is 44.3 Å². The lowest BCUT2D eigenvalue weighted by atomic mass is 10.1. The summed E-state index contributed by atoms with van der Waals surface area (Å²) < 4.78 is 28.5. The average molecular weight is 1010 g/mol. The van der Waals surface area contributed by atoms with Crippen LogP contribution in [0, 0.1) is 0 Å². The third-order valence-corrected chi connectivity index (χ3v) is 15.2. The molecule has 4 aromatic carbocycles. The smallest absolute Gasteiger partial charge is 0.410 e. The highest BCUT2D eigenvalue weighted by atomic mass is 28.3. The summed E-state index contributed by atoms with van der Waals surface area (Å²) in [6, 6.07) is 42.0. The van der Waals surface area contributed by atoms with Gasteiger partial charge >= 0.3 is 6.09 Å². The predicted molar refractivity (Wildman–Crippen MR) is 292 cm³/mol. The van der Waals surface area contributed by atoms with Crippen molar-refractivity contribution in [2.45, 2.75) is 77.9 Å². The molecule has 2 saturated heterocycles. The molecule has 2 aliphatic rings. The Morgan fingerprint density at radius 2 is 1.35 bits per heavy atom. The van der Waals surface area contributed by atoms with Crippen molar-refractivity contribution in [3.05, 3.63) is 145 Å². The molecule has 0 saturated carbocycles. The van der Waals surface area contributed by atoms with Crippen molar-refractivity contribution in [3.8, 4) is 45.5 Å². The number of amides is 1. The van der Waals surface area contributed by atoms with E-state index >= 15 is 0 Å². The van der Waals surface area contributed by atoms with E-state index in [-0.39, 0.29) is 12.1 Å². The van der Waals surface area contributed by atoms with E-state index in [0.29, 0.717) is 39.5 Å². The first-order chi connectivity index (χ1) is 35.7. The number of carbonyl (C=O) groups is 1. The van der Waals surface area contributed by atoms with Gasteiger partial charge in [-0.3, -0.25) is 19.8 Å². The van der Waals surface area contributed by atoms with Crippen LogP contribution in [-0.2, 0) is 29.3 Å². The summed E-state index contributed by atoms with van der Waals surface area (Å²) in [5.74, 6) is 2.99. The molecule has 2 aliphatic heterocycles. The summed E-state index contributed by atoms with van der Waals surface area (Å²) >= 11 is 0. The van der Waals surface area contributed by atoms with Crippen LogP contribution in [0.5, 0.6) is 23.0 Å². The van der Waals surface area contributed by atoms with Crippen LogP contribution in [0.3, 0.4) is 0 Å². The Hall–Kier alpha value is -6.95. The number of fused-ring (bicyclic) bond motifs is 2. The quantitative estimate of drug-likeness (QED) is 0.0512. The molecule has 2 N–H and O–H groups in total. The Balaban J connectivity index is 0.809. The first kappa shape index (κ1) is 50.6. The summed E-state index contributed by atoms with van der Waals surface area (Å²) in [5, 5.41) is 13.6. The van der Waals surface area contributed by atoms with E-state index in [9.17, 15) is 4.79 Å². The number of nitrogens with zero attached hydrogens (tertiary/aromatic N) is 8. The lowest BCUT2D eigenvalue weighted by Gasteiger charge is -2.38. The van der Waals surface area contributed by atoms with Crippen molar-refractivity contribution in [1.29, 1.82) is 0 Å². The minimum Gasteiger partial charge on any atom is -0.457 e. The van der Waals surface area contributed by atoms with Crippen molar-refractivity contribution in [1.82, 2.24) is 44.9 Å². The van der Waals surface area contributed by atoms with Gasteiger partial charge in [0.25, 0.3) is 0 Å². The number of aromatic nitrogens is 6. The SMILES string of the molecule is CC(C)(C)OC(=O)N1CCN(C(C[n+]2ccc(-c3ccc(Oc4ccc5nc(CN6CCNCC6)ccc5c4)cc3)[nH]2)c2ccc3cc(Oc4ccc(-c5ccnn5COCC[Si](C)(C)C)cc4)ccc3n2)CC1. The summed E-state index contributed by atoms with van der Waals surface area (Å²) in [5.41, 5.74) is 7.37. The number of H-pyrrole nitrogens is 1. The van der Waals surface area contributed by atoms with Crippen LogP contribution in [0.4, 0.5) is 4.79 Å². The number of benzene rings is 4. The van der Waals surface area contributed by atoms with Gasteiger partial charge in [0.2, 0.25) is 0 Å². The van der Waals surface area contributed by atoms with Crippen LogP contribution < -0.4 is 19.5 Å². The molecule has 0 aliphatic carbocycles. The summed E-state index contributed by atoms with van der Waals surface area (Å²) in [4.78, 5) is 29.9. The number of aromatic amines is 1. The van der Waals surface area contributed by atoms with Crippen molar-refractivity contribution in [2.24, 2.45) is 0 Å². The molecule has 2 fully saturated rings. The zero-order chi connectivity index (χ0) is 51.2. The van der Waals surface area contributed by atoms with Gasteiger partial charge in [0, 0.05) is 108 Å². The normalized spacial score (nSPS) is 15.4. The Bertz CT molecular complexity index is 3170. The molecule has 0 bridgehead atoms. The number of hydrogen-bond acceptors (Lipinski definition) is 11. The highest BCUT2D eigenvalue weighted by Crippen LogP contribution is 2.32. The first-order valence-electron chi connectivity index (χ1n) is 25.9. The molecule has 384 valence electrons. The van der Waals surface area contributed by atoms with Crippen LogP contribution in [0.2, 0.25) is 25.7 Å². The first-order valence-corrected chi connectivity index (χ1v) is 29.6.